The number of hydrogen-bond acceptors (Lipinski definition) is 4. The highest BCUT2D eigenvalue weighted by atomic mass is 35.5. The Hall–Kier alpha value is -1.86. The van der Waals surface area contributed by atoms with E-state index in [2.05, 4.69) is 4.98 Å². The van der Waals surface area contributed by atoms with Gasteiger partial charge in [0.15, 0.2) is 0 Å². The van der Waals surface area contributed by atoms with E-state index in [4.69, 9.17) is 27.9 Å². The third-order valence-electron chi connectivity index (χ3n) is 6.33. The molecule has 0 unspecified atom stereocenters. The minimum atomic E-state index is -0.344. The number of nitrogens with one attached hydrogen (secondary N) is 1. The predicted octanol–water partition coefficient (Wildman–Crippen LogP) is 3.75. The highest BCUT2D eigenvalue weighted by Crippen LogP contribution is 2.40. The fraction of sp³-hybridized carbons (Fsp3) is 0.478. The van der Waals surface area contributed by atoms with Crippen molar-refractivity contribution < 1.29 is 14.6 Å². The van der Waals surface area contributed by atoms with E-state index < -0.39 is 0 Å². The van der Waals surface area contributed by atoms with E-state index in [0.717, 1.165) is 29.7 Å². The number of H-pyrrole nitrogens is 1. The van der Waals surface area contributed by atoms with Crippen molar-refractivity contribution in [2.45, 2.75) is 51.7 Å². The van der Waals surface area contributed by atoms with Crippen LogP contribution in [0, 0.1) is 13.8 Å². The highest BCUT2D eigenvalue weighted by molar-refractivity contribution is 6.37. The molecule has 0 bridgehead atoms. The molecule has 4 rings (SSSR count). The van der Waals surface area contributed by atoms with Crippen molar-refractivity contribution in [3.63, 3.8) is 0 Å². The molecule has 3 heterocycles. The Labute approximate surface area is 191 Å². The molecule has 166 valence electrons. The number of pyridine rings is 1. The first-order chi connectivity index (χ1) is 14.8. The maximum Gasteiger partial charge on any atom is 0.256 e. The van der Waals surface area contributed by atoms with E-state index in [1.54, 1.807) is 11.0 Å². The fourth-order valence-electron chi connectivity index (χ4n) is 4.68. The van der Waals surface area contributed by atoms with Crippen LogP contribution in [-0.4, -0.2) is 46.8 Å². The van der Waals surface area contributed by atoms with Crippen LogP contribution in [0.2, 0.25) is 10.0 Å². The summed E-state index contributed by atoms with van der Waals surface area (Å²) < 4.78 is 5.77. The van der Waals surface area contributed by atoms with E-state index in [1.807, 2.05) is 19.9 Å². The van der Waals surface area contributed by atoms with Crippen LogP contribution in [0.5, 0.6) is 0 Å². The Bertz CT molecular complexity index is 1080. The molecular formula is C23H26Cl2N2O4. The smallest absolute Gasteiger partial charge is 0.256 e. The number of aromatic nitrogens is 1. The molecule has 2 aliphatic heterocycles. The minimum absolute atomic E-state index is 0.144. The van der Waals surface area contributed by atoms with Crippen molar-refractivity contribution in [2.24, 2.45) is 0 Å². The lowest BCUT2D eigenvalue weighted by atomic mass is 9.87. The van der Waals surface area contributed by atoms with Crippen LogP contribution in [0.15, 0.2) is 16.9 Å². The van der Waals surface area contributed by atoms with E-state index >= 15 is 0 Å². The van der Waals surface area contributed by atoms with Crippen molar-refractivity contribution in [3.05, 3.63) is 66.0 Å². The molecule has 1 aromatic heterocycles. The summed E-state index contributed by atoms with van der Waals surface area (Å²) in [5.41, 5.74) is 3.73. The number of aromatic amines is 1. The standard InChI is InChI=1S/C23H26Cl2N2O4/c1-12-8-13(2)26-22(29)16(12)10-27-6-5-14-18(24)9-15(21(25)20(14)23(27)30)17(11-28)19-4-3-7-31-19/h8-9,17,19,28H,3-7,10-11H2,1-2H3,(H,26,29)/t17-,19+/m1/s1. The summed E-state index contributed by atoms with van der Waals surface area (Å²) in [6.45, 7) is 4.85. The van der Waals surface area contributed by atoms with Crippen LogP contribution in [0.4, 0.5) is 0 Å². The van der Waals surface area contributed by atoms with Crippen LogP contribution in [0.3, 0.4) is 0 Å². The number of hydrogen-bond donors (Lipinski definition) is 2. The Balaban J connectivity index is 1.71. The van der Waals surface area contributed by atoms with Gasteiger partial charge in [-0.15, -0.1) is 0 Å². The van der Waals surface area contributed by atoms with Crippen LogP contribution < -0.4 is 5.56 Å². The zero-order valence-electron chi connectivity index (χ0n) is 17.6. The third kappa shape index (κ3) is 4.14. The normalized spacial score (nSPS) is 19.6. The number of aliphatic hydroxyl groups is 1. The SMILES string of the molecule is Cc1cc(C)c(CN2CCc3c(Cl)cc([C@@H](CO)[C@@H]4CCCO4)c(Cl)c3C2=O)c(=O)[nH]1. The molecule has 6 nitrogen and oxygen atoms in total. The van der Waals surface area contributed by atoms with Crippen molar-refractivity contribution in [2.75, 3.05) is 19.8 Å². The van der Waals surface area contributed by atoms with Crippen molar-refractivity contribution >= 4 is 29.1 Å². The second-order valence-corrected chi connectivity index (χ2v) is 9.16. The quantitative estimate of drug-likeness (QED) is 0.705. The first-order valence-corrected chi connectivity index (χ1v) is 11.3. The predicted molar refractivity (Wildman–Crippen MR) is 120 cm³/mol. The molecule has 1 amide bonds. The first kappa shape index (κ1) is 22.3. The Morgan fingerprint density at radius 1 is 1.29 bits per heavy atom. The number of aliphatic hydroxyl groups excluding tert-OH is 1. The van der Waals surface area contributed by atoms with Gasteiger partial charge in [0, 0.05) is 35.3 Å². The number of carbonyl (C=O) groups is 1. The van der Waals surface area contributed by atoms with Crippen LogP contribution in [-0.2, 0) is 17.7 Å². The van der Waals surface area contributed by atoms with E-state index in [0.29, 0.717) is 46.3 Å². The monoisotopic (exact) mass is 464 g/mol. The zero-order chi connectivity index (χ0) is 22.3. The van der Waals surface area contributed by atoms with Crippen LogP contribution in [0.1, 0.15) is 57.1 Å². The molecule has 2 aromatic rings. The number of amides is 1. The average molecular weight is 465 g/mol. The largest absolute Gasteiger partial charge is 0.396 e. The molecule has 0 saturated carbocycles. The average Bonchev–Trinajstić information content (AvgIpc) is 3.24. The van der Waals surface area contributed by atoms with Gasteiger partial charge in [-0.25, -0.2) is 0 Å². The third-order valence-corrected chi connectivity index (χ3v) is 7.08. The van der Waals surface area contributed by atoms with Gasteiger partial charge in [0.2, 0.25) is 0 Å². The number of nitrogens with zero attached hydrogens (tertiary/aromatic N) is 1. The van der Waals surface area contributed by atoms with Gasteiger partial charge in [0.05, 0.1) is 29.8 Å². The van der Waals surface area contributed by atoms with Gasteiger partial charge in [-0.1, -0.05) is 23.2 Å². The summed E-state index contributed by atoms with van der Waals surface area (Å²) >= 11 is 13.3. The van der Waals surface area contributed by atoms with Gasteiger partial charge in [-0.05, 0) is 61.9 Å². The molecule has 2 atom stereocenters. The molecule has 31 heavy (non-hydrogen) atoms. The molecule has 1 aromatic carbocycles. The van der Waals surface area contributed by atoms with Crippen molar-refractivity contribution in [3.8, 4) is 0 Å². The Morgan fingerprint density at radius 3 is 2.71 bits per heavy atom. The van der Waals surface area contributed by atoms with E-state index in [1.165, 1.54) is 0 Å². The van der Waals surface area contributed by atoms with Gasteiger partial charge in [0.1, 0.15) is 0 Å². The van der Waals surface area contributed by atoms with Gasteiger partial charge >= 0.3 is 0 Å². The second-order valence-electron chi connectivity index (χ2n) is 8.38. The summed E-state index contributed by atoms with van der Waals surface area (Å²) in [5.74, 6) is -0.596. The van der Waals surface area contributed by atoms with Crippen molar-refractivity contribution in [1.29, 1.82) is 0 Å². The second kappa shape index (κ2) is 8.94. The molecule has 0 spiro atoms. The number of carbonyl (C=O) groups excluding carboxylic acids is 1. The molecule has 2 N–H and O–H groups in total. The lowest BCUT2D eigenvalue weighted by Gasteiger charge is -2.32. The highest BCUT2D eigenvalue weighted by Gasteiger charge is 2.35. The number of aryl methyl sites for hydroxylation is 2. The van der Waals surface area contributed by atoms with Gasteiger partial charge in [-0.3, -0.25) is 9.59 Å². The molecule has 8 heteroatoms. The van der Waals surface area contributed by atoms with Gasteiger partial charge < -0.3 is 19.7 Å². The maximum absolute atomic E-state index is 13.4. The summed E-state index contributed by atoms with van der Waals surface area (Å²) in [6, 6.07) is 3.66. The Kier molecular flexibility index (Phi) is 6.44. The molecule has 0 aliphatic carbocycles. The lowest BCUT2D eigenvalue weighted by molar-refractivity contribution is 0.0665. The summed E-state index contributed by atoms with van der Waals surface area (Å²) in [6.07, 6.45) is 2.15. The minimum Gasteiger partial charge on any atom is -0.396 e. The number of ether oxygens (including phenoxy) is 1. The topological polar surface area (TPSA) is 82.6 Å². The number of rotatable bonds is 5. The van der Waals surface area contributed by atoms with Crippen LogP contribution in [0.25, 0.3) is 0 Å². The summed E-state index contributed by atoms with van der Waals surface area (Å²) in [5, 5.41) is 10.8. The van der Waals surface area contributed by atoms with Gasteiger partial charge in [0.25, 0.3) is 11.5 Å². The Morgan fingerprint density at radius 2 is 2.06 bits per heavy atom. The summed E-state index contributed by atoms with van der Waals surface area (Å²) in [7, 11) is 0. The van der Waals surface area contributed by atoms with Crippen LogP contribution >= 0.6 is 23.2 Å². The van der Waals surface area contributed by atoms with Gasteiger partial charge in [-0.2, -0.15) is 0 Å². The number of halogens is 2. The molecule has 1 fully saturated rings. The first-order valence-electron chi connectivity index (χ1n) is 10.5. The van der Waals surface area contributed by atoms with Crippen molar-refractivity contribution in [1.82, 2.24) is 9.88 Å². The molecular weight excluding hydrogens is 439 g/mol. The maximum atomic E-state index is 13.4. The molecule has 2 aliphatic rings. The summed E-state index contributed by atoms with van der Waals surface area (Å²) in [4.78, 5) is 30.3. The zero-order valence-corrected chi connectivity index (χ0v) is 19.1. The number of benzene rings is 1. The molecule has 0 radical (unpaired) electrons. The van der Waals surface area contributed by atoms with E-state index in [-0.39, 0.29) is 36.6 Å². The molecule has 1 saturated heterocycles. The number of fused-ring (bicyclic) bond motifs is 1. The van der Waals surface area contributed by atoms with E-state index in [9.17, 15) is 14.7 Å². The fourth-order valence-corrected chi connectivity index (χ4v) is 5.38. The lowest BCUT2D eigenvalue weighted by Crippen LogP contribution is -2.39.